The number of nitrogens with one attached hydrogen (secondary N) is 1. The van der Waals surface area contributed by atoms with Crippen molar-refractivity contribution in [1.29, 1.82) is 0 Å². The molecular formula is C12H12Cl2N4O2. The van der Waals surface area contributed by atoms with Crippen molar-refractivity contribution in [2.24, 2.45) is 0 Å². The second kappa shape index (κ2) is 6.11. The number of anilines is 2. The molecule has 0 amide bonds. The van der Waals surface area contributed by atoms with Crippen molar-refractivity contribution in [2.45, 2.75) is 6.92 Å². The lowest BCUT2D eigenvalue weighted by Gasteiger charge is -2.12. The largest absolute Gasteiger partial charge is 0.495 e. The Bertz CT molecular complexity index is 637. The van der Waals surface area contributed by atoms with Gasteiger partial charge in [-0.2, -0.15) is 15.0 Å². The topological polar surface area (TPSA) is 69.2 Å². The second-order valence-corrected chi connectivity index (χ2v) is 4.59. The number of hydrogen-bond donors (Lipinski definition) is 1. The number of aryl methyl sites for hydroxylation is 1. The average molecular weight is 315 g/mol. The molecule has 0 atom stereocenters. The molecule has 0 bridgehead atoms. The number of rotatable bonds is 4. The highest BCUT2D eigenvalue weighted by Gasteiger charge is 2.10. The third kappa shape index (κ3) is 3.20. The second-order valence-electron chi connectivity index (χ2n) is 3.84. The van der Waals surface area contributed by atoms with Crippen LogP contribution in [0.1, 0.15) is 5.56 Å². The molecule has 2 rings (SSSR count). The molecule has 1 N–H and O–H groups in total. The van der Waals surface area contributed by atoms with E-state index >= 15 is 0 Å². The SMILES string of the molecule is COc1nc(Cl)nc(Nc2cc(C)c(Cl)cc2OC)n1. The Balaban J connectivity index is 2.39. The molecule has 0 fully saturated rings. The molecule has 0 radical (unpaired) electrons. The fourth-order valence-electron chi connectivity index (χ4n) is 1.53. The molecule has 1 heterocycles. The highest BCUT2D eigenvalue weighted by Crippen LogP contribution is 2.32. The summed E-state index contributed by atoms with van der Waals surface area (Å²) in [5.41, 5.74) is 1.56. The first kappa shape index (κ1) is 14.6. The van der Waals surface area contributed by atoms with Gasteiger partial charge in [-0.05, 0) is 30.2 Å². The lowest BCUT2D eigenvalue weighted by atomic mass is 10.2. The van der Waals surface area contributed by atoms with Crippen molar-refractivity contribution < 1.29 is 9.47 Å². The van der Waals surface area contributed by atoms with Gasteiger partial charge in [0.25, 0.3) is 0 Å². The number of methoxy groups -OCH3 is 2. The number of benzene rings is 1. The van der Waals surface area contributed by atoms with Crippen LogP contribution in [-0.4, -0.2) is 29.2 Å². The molecule has 0 aliphatic heterocycles. The summed E-state index contributed by atoms with van der Waals surface area (Å²) in [6, 6.07) is 3.65. The van der Waals surface area contributed by atoms with E-state index < -0.39 is 0 Å². The zero-order valence-electron chi connectivity index (χ0n) is 11.1. The van der Waals surface area contributed by atoms with Crippen LogP contribution < -0.4 is 14.8 Å². The molecule has 0 unspecified atom stereocenters. The number of halogens is 2. The normalized spacial score (nSPS) is 10.2. The van der Waals surface area contributed by atoms with E-state index in [-0.39, 0.29) is 17.2 Å². The molecular weight excluding hydrogens is 303 g/mol. The molecule has 6 nitrogen and oxygen atoms in total. The van der Waals surface area contributed by atoms with Crippen LogP contribution in [0.4, 0.5) is 11.6 Å². The molecule has 20 heavy (non-hydrogen) atoms. The van der Waals surface area contributed by atoms with E-state index in [4.69, 9.17) is 32.7 Å². The summed E-state index contributed by atoms with van der Waals surface area (Å²) in [6.45, 7) is 1.88. The van der Waals surface area contributed by atoms with Crippen molar-refractivity contribution in [3.8, 4) is 11.8 Å². The first-order valence-corrected chi connectivity index (χ1v) is 6.35. The minimum absolute atomic E-state index is 0.0315. The highest BCUT2D eigenvalue weighted by molar-refractivity contribution is 6.31. The molecule has 0 aliphatic rings. The van der Waals surface area contributed by atoms with E-state index in [1.165, 1.54) is 7.11 Å². The highest BCUT2D eigenvalue weighted by atomic mass is 35.5. The van der Waals surface area contributed by atoms with Crippen LogP contribution in [0.5, 0.6) is 11.8 Å². The van der Waals surface area contributed by atoms with Crippen LogP contribution in [0.3, 0.4) is 0 Å². The van der Waals surface area contributed by atoms with Gasteiger partial charge in [0, 0.05) is 11.1 Å². The molecule has 1 aromatic carbocycles. The Morgan fingerprint density at radius 2 is 1.80 bits per heavy atom. The van der Waals surface area contributed by atoms with E-state index in [9.17, 15) is 0 Å². The maximum Gasteiger partial charge on any atom is 0.322 e. The first-order valence-electron chi connectivity index (χ1n) is 5.60. The minimum Gasteiger partial charge on any atom is -0.495 e. The predicted octanol–water partition coefficient (Wildman–Crippen LogP) is 3.25. The Labute approximate surface area is 126 Å². The quantitative estimate of drug-likeness (QED) is 0.934. The van der Waals surface area contributed by atoms with Gasteiger partial charge in [0.2, 0.25) is 11.2 Å². The van der Waals surface area contributed by atoms with Crippen LogP contribution >= 0.6 is 23.2 Å². The third-order valence-corrected chi connectivity index (χ3v) is 3.07. The lowest BCUT2D eigenvalue weighted by molar-refractivity contribution is 0.379. The van der Waals surface area contributed by atoms with Gasteiger partial charge in [0.15, 0.2) is 0 Å². The fourth-order valence-corrected chi connectivity index (χ4v) is 1.84. The molecule has 2 aromatic rings. The molecule has 106 valence electrons. The van der Waals surface area contributed by atoms with Gasteiger partial charge < -0.3 is 14.8 Å². The lowest BCUT2D eigenvalue weighted by Crippen LogP contribution is -2.03. The standard InChI is InChI=1S/C12H12Cl2N4O2/c1-6-4-8(9(19-2)5-7(6)13)15-11-16-10(14)17-12(18-11)20-3/h4-5H,1-3H3,(H,15,16,17,18). The number of nitrogens with zero attached hydrogens (tertiary/aromatic N) is 3. The maximum absolute atomic E-state index is 6.05. The van der Waals surface area contributed by atoms with E-state index in [0.717, 1.165) is 5.56 Å². The number of ether oxygens (including phenoxy) is 2. The zero-order chi connectivity index (χ0) is 14.7. The molecule has 8 heteroatoms. The molecule has 0 saturated heterocycles. The van der Waals surface area contributed by atoms with Gasteiger partial charge in [0.1, 0.15) is 5.75 Å². The van der Waals surface area contributed by atoms with Crippen molar-refractivity contribution in [2.75, 3.05) is 19.5 Å². The number of aromatic nitrogens is 3. The van der Waals surface area contributed by atoms with Crippen LogP contribution in [0.2, 0.25) is 10.3 Å². The summed E-state index contributed by atoms with van der Waals surface area (Å²) in [5, 5.41) is 3.64. The van der Waals surface area contributed by atoms with E-state index in [0.29, 0.717) is 16.5 Å². The Morgan fingerprint density at radius 3 is 2.45 bits per heavy atom. The first-order chi connectivity index (χ1) is 9.53. The summed E-state index contributed by atoms with van der Waals surface area (Å²) < 4.78 is 10.2. The minimum atomic E-state index is 0.0315. The van der Waals surface area contributed by atoms with E-state index in [2.05, 4.69) is 20.3 Å². The average Bonchev–Trinajstić information content (AvgIpc) is 2.42. The van der Waals surface area contributed by atoms with Crippen LogP contribution in [-0.2, 0) is 0 Å². The van der Waals surface area contributed by atoms with Gasteiger partial charge >= 0.3 is 6.01 Å². The summed E-state index contributed by atoms with van der Waals surface area (Å²) in [5.74, 6) is 0.818. The third-order valence-electron chi connectivity index (χ3n) is 2.50. The van der Waals surface area contributed by atoms with Crippen molar-refractivity contribution in [3.05, 3.63) is 28.0 Å². The Kier molecular flexibility index (Phi) is 4.46. The van der Waals surface area contributed by atoms with Gasteiger partial charge in [-0.25, -0.2) is 0 Å². The van der Waals surface area contributed by atoms with E-state index in [1.807, 2.05) is 13.0 Å². The van der Waals surface area contributed by atoms with Crippen LogP contribution in [0, 0.1) is 6.92 Å². The summed E-state index contributed by atoms with van der Waals surface area (Å²) >= 11 is 11.8. The van der Waals surface area contributed by atoms with Crippen LogP contribution in [0.25, 0.3) is 0 Å². The summed E-state index contributed by atoms with van der Waals surface area (Å²) in [7, 11) is 3.00. The van der Waals surface area contributed by atoms with Gasteiger partial charge in [-0.3, -0.25) is 0 Å². The molecule has 0 aliphatic carbocycles. The van der Waals surface area contributed by atoms with Gasteiger partial charge in [-0.1, -0.05) is 11.6 Å². The van der Waals surface area contributed by atoms with Gasteiger partial charge in [0.05, 0.1) is 19.9 Å². The maximum atomic E-state index is 6.05. The molecule has 0 saturated carbocycles. The molecule has 1 aromatic heterocycles. The monoisotopic (exact) mass is 314 g/mol. The van der Waals surface area contributed by atoms with Crippen molar-refractivity contribution in [3.63, 3.8) is 0 Å². The Hall–Kier alpha value is -1.79. The smallest absolute Gasteiger partial charge is 0.322 e. The van der Waals surface area contributed by atoms with Crippen molar-refractivity contribution >= 4 is 34.8 Å². The van der Waals surface area contributed by atoms with E-state index in [1.54, 1.807) is 13.2 Å². The Morgan fingerprint density at radius 1 is 1.05 bits per heavy atom. The summed E-state index contributed by atoms with van der Waals surface area (Å²) in [6.07, 6.45) is 0. The van der Waals surface area contributed by atoms with Crippen LogP contribution in [0.15, 0.2) is 12.1 Å². The number of hydrogen-bond acceptors (Lipinski definition) is 6. The van der Waals surface area contributed by atoms with Crippen molar-refractivity contribution in [1.82, 2.24) is 15.0 Å². The summed E-state index contributed by atoms with van der Waals surface area (Å²) in [4.78, 5) is 11.8. The van der Waals surface area contributed by atoms with Gasteiger partial charge in [-0.15, -0.1) is 0 Å². The predicted molar refractivity (Wildman–Crippen MR) is 77.4 cm³/mol. The molecule has 0 spiro atoms. The fraction of sp³-hybridized carbons (Fsp3) is 0.250. The zero-order valence-corrected chi connectivity index (χ0v) is 12.6.